The van der Waals surface area contributed by atoms with E-state index < -0.39 is 11.7 Å². The van der Waals surface area contributed by atoms with Gasteiger partial charge in [-0.3, -0.25) is 4.79 Å². The zero-order chi connectivity index (χ0) is 17.2. The fourth-order valence-electron chi connectivity index (χ4n) is 3.51. The molecule has 0 spiro atoms. The van der Waals surface area contributed by atoms with Gasteiger partial charge >= 0.3 is 5.97 Å². The number of hydrogen-bond donors (Lipinski definition) is 0. The SMILES string of the molecule is CC(OC(=O)C(C)(C(C)(C)C)C(C)(C)C)OC1CCCCC1. The predicted molar refractivity (Wildman–Crippen MR) is 90.5 cm³/mol. The van der Waals surface area contributed by atoms with Gasteiger partial charge in [-0.1, -0.05) is 60.8 Å². The highest BCUT2D eigenvalue weighted by atomic mass is 16.7. The van der Waals surface area contributed by atoms with Crippen LogP contribution in [0.15, 0.2) is 0 Å². The number of carbonyl (C=O) groups excluding carboxylic acids is 1. The molecule has 1 aliphatic rings. The second-order valence-corrected chi connectivity index (χ2v) is 8.99. The van der Waals surface area contributed by atoms with Crippen LogP contribution in [0.25, 0.3) is 0 Å². The van der Waals surface area contributed by atoms with E-state index in [4.69, 9.17) is 9.47 Å². The number of rotatable bonds is 4. The van der Waals surface area contributed by atoms with Crippen molar-refractivity contribution in [1.82, 2.24) is 0 Å². The van der Waals surface area contributed by atoms with Gasteiger partial charge in [-0.15, -0.1) is 0 Å². The molecule has 22 heavy (non-hydrogen) atoms. The van der Waals surface area contributed by atoms with Crippen molar-refractivity contribution in [3.8, 4) is 0 Å². The van der Waals surface area contributed by atoms with E-state index in [-0.39, 0.29) is 22.9 Å². The van der Waals surface area contributed by atoms with Crippen molar-refractivity contribution in [1.29, 1.82) is 0 Å². The Labute approximate surface area is 137 Å². The number of esters is 1. The van der Waals surface area contributed by atoms with Crippen LogP contribution in [0.5, 0.6) is 0 Å². The van der Waals surface area contributed by atoms with E-state index in [0.29, 0.717) is 0 Å². The van der Waals surface area contributed by atoms with Crippen molar-refractivity contribution in [2.45, 2.75) is 99.9 Å². The molecule has 0 aromatic heterocycles. The van der Waals surface area contributed by atoms with Crippen LogP contribution < -0.4 is 0 Å². The van der Waals surface area contributed by atoms with Crippen LogP contribution in [0.1, 0.15) is 87.5 Å². The lowest BCUT2D eigenvalue weighted by molar-refractivity contribution is -0.210. The Bertz CT molecular complexity index is 353. The topological polar surface area (TPSA) is 35.5 Å². The van der Waals surface area contributed by atoms with Gasteiger partial charge in [0.15, 0.2) is 6.29 Å². The summed E-state index contributed by atoms with van der Waals surface area (Å²) in [4.78, 5) is 12.9. The van der Waals surface area contributed by atoms with Crippen LogP contribution in [0, 0.1) is 16.2 Å². The predicted octanol–water partition coefficient (Wildman–Crippen LogP) is 5.32. The third-order valence-corrected chi connectivity index (χ3v) is 5.62. The van der Waals surface area contributed by atoms with Crippen LogP contribution in [-0.2, 0) is 14.3 Å². The minimum Gasteiger partial charge on any atom is -0.436 e. The first-order valence-electron chi connectivity index (χ1n) is 8.76. The van der Waals surface area contributed by atoms with Crippen molar-refractivity contribution < 1.29 is 14.3 Å². The molecule has 1 saturated carbocycles. The Balaban J connectivity index is 2.75. The summed E-state index contributed by atoms with van der Waals surface area (Å²) in [6.07, 6.45) is 5.65. The Kier molecular flexibility index (Phi) is 6.11. The molecule has 3 nitrogen and oxygen atoms in total. The molecule has 1 unspecified atom stereocenters. The van der Waals surface area contributed by atoms with E-state index in [2.05, 4.69) is 41.5 Å². The molecule has 1 fully saturated rings. The lowest BCUT2D eigenvalue weighted by atomic mass is 9.55. The van der Waals surface area contributed by atoms with E-state index in [1.54, 1.807) is 0 Å². The Hall–Kier alpha value is -0.570. The monoisotopic (exact) mass is 312 g/mol. The third kappa shape index (κ3) is 4.24. The average Bonchev–Trinajstić information content (AvgIpc) is 2.35. The average molecular weight is 312 g/mol. The molecule has 1 rings (SSSR count). The first-order chi connectivity index (χ1) is 9.89. The van der Waals surface area contributed by atoms with Gasteiger partial charge in [-0.05, 0) is 37.5 Å². The Morgan fingerprint density at radius 2 is 1.36 bits per heavy atom. The van der Waals surface area contributed by atoms with E-state index in [1.807, 2.05) is 13.8 Å². The largest absolute Gasteiger partial charge is 0.436 e. The summed E-state index contributed by atoms with van der Waals surface area (Å²) in [6.45, 7) is 16.5. The first-order valence-corrected chi connectivity index (χ1v) is 8.76. The highest BCUT2D eigenvalue weighted by Gasteiger charge is 2.54. The summed E-state index contributed by atoms with van der Waals surface area (Å²) in [5.74, 6) is -0.157. The van der Waals surface area contributed by atoms with Gasteiger partial charge in [0.25, 0.3) is 0 Å². The van der Waals surface area contributed by atoms with Gasteiger partial charge in [0.05, 0.1) is 11.5 Å². The van der Waals surface area contributed by atoms with Gasteiger partial charge in [0, 0.05) is 0 Å². The lowest BCUT2D eigenvalue weighted by Gasteiger charge is -2.49. The molecule has 1 aliphatic carbocycles. The Morgan fingerprint density at radius 3 is 1.77 bits per heavy atom. The molecule has 0 bridgehead atoms. The highest BCUT2D eigenvalue weighted by molar-refractivity contribution is 5.78. The molecule has 130 valence electrons. The van der Waals surface area contributed by atoms with E-state index in [0.717, 1.165) is 12.8 Å². The Morgan fingerprint density at radius 1 is 0.909 bits per heavy atom. The molecular weight excluding hydrogens is 276 g/mol. The normalized spacial score (nSPS) is 19.8. The second kappa shape index (κ2) is 6.90. The molecule has 0 N–H and O–H groups in total. The summed E-state index contributed by atoms with van der Waals surface area (Å²) in [5, 5.41) is 0. The molecule has 0 saturated heterocycles. The maximum atomic E-state index is 12.9. The fourth-order valence-corrected chi connectivity index (χ4v) is 3.51. The van der Waals surface area contributed by atoms with Crippen molar-refractivity contribution in [2.24, 2.45) is 16.2 Å². The summed E-state index contributed by atoms with van der Waals surface area (Å²) in [6, 6.07) is 0. The van der Waals surface area contributed by atoms with Gasteiger partial charge < -0.3 is 9.47 Å². The smallest absolute Gasteiger partial charge is 0.315 e. The molecule has 0 amide bonds. The summed E-state index contributed by atoms with van der Waals surface area (Å²) in [7, 11) is 0. The van der Waals surface area contributed by atoms with Crippen LogP contribution in [-0.4, -0.2) is 18.4 Å². The van der Waals surface area contributed by atoms with Gasteiger partial charge in [0.2, 0.25) is 0 Å². The minimum absolute atomic E-state index is 0.157. The van der Waals surface area contributed by atoms with Crippen molar-refractivity contribution in [2.75, 3.05) is 0 Å². The van der Waals surface area contributed by atoms with Crippen molar-refractivity contribution in [3.05, 3.63) is 0 Å². The van der Waals surface area contributed by atoms with Crippen LogP contribution in [0.4, 0.5) is 0 Å². The molecular formula is C19H36O3. The first kappa shape index (κ1) is 19.5. The third-order valence-electron chi connectivity index (χ3n) is 5.62. The summed E-state index contributed by atoms with van der Waals surface area (Å²) >= 11 is 0. The van der Waals surface area contributed by atoms with Crippen molar-refractivity contribution in [3.63, 3.8) is 0 Å². The quantitative estimate of drug-likeness (QED) is 0.520. The maximum Gasteiger partial charge on any atom is 0.315 e. The number of hydrogen-bond acceptors (Lipinski definition) is 3. The summed E-state index contributed by atoms with van der Waals surface area (Å²) in [5.41, 5.74) is -0.954. The number of carbonyl (C=O) groups is 1. The molecule has 0 aliphatic heterocycles. The zero-order valence-corrected chi connectivity index (χ0v) is 15.9. The fraction of sp³-hybridized carbons (Fsp3) is 0.947. The zero-order valence-electron chi connectivity index (χ0n) is 15.9. The molecule has 0 radical (unpaired) electrons. The minimum atomic E-state index is -0.579. The van der Waals surface area contributed by atoms with Crippen molar-refractivity contribution >= 4 is 5.97 Å². The highest BCUT2D eigenvalue weighted by Crippen LogP contribution is 2.52. The van der Waals surface area contributed by atoms with Gasteiger partial charge in [-0.2, -0.15) is 0 Å². The molecule has 1 atom stereocenters. The second-order valence-electron chi connectivity index (χ2n) is 8.99. The van der Waals surface area contributed by atoms with E-state index in [1.165, 1.54) is 19.3 Å². The van der Waals surface area contributed by atoms with Gasteiger partial charge in [0.1, 0.15) is 0 Å². The molecule has 0 heterocycles. The van der Waals surface area contributed by atoms with E-state index in [9.17, 15) is 4.79 Å². The lowest BCUT2D eigenvalue weighted by Crippen LogP contribution is -2.51. The molecule has 0 aromatic carbocycles. The standard InChI is InChI=1S/C19H36O3/c1-14(21-15-12-10-9-11-13-15)22-16(20)19(8,17(2,3)4)18(5,6)7/h14-15H,9-13H2,1-8H3. The van der Waals surface area contributed by atoms with E-state index >= 15 is 0 Å². The van der Waals surface area contributed by atoms with Crippen LogP contribution in [0.3, 0.4) is 0 Å². The molecule has 0 aromatic rings. The van der Waals surface area contributed by atoms with Crippen LogP contribution >= 0.6 is 0 Å². The number of ether oxygens (including phenoxy) is 2. The molecule has 3 heteroatoms. The maximum absolute atomic E-state index is 12.9. The van der Waals surface area contributed by atoms with Gasteiger partial charge in [-0.25, -0.2) is 0 Å². The summed E-state index contributed by atoms with van der Waals surface area (Å²) < 4.78 is 11.6. The van der Waals surface area contributed by atoms with Crippen LogP contribution in [0.2, 0.25) is 0 Å².